The Hall–Kier alpha value is -9.50. The molecule has 1 aliphatic rings. The minimum Gasteiger partial charge on any atom is -0.399 e. The number of pyridine rings is 4. The summed E-state index contributed by atoms with van der Waals surface area (Å²) in [5.41, 5.74) is 2.05. The molecule has 5 aromatic carbocycles. The predicted octanol–water partition coefficient (Wildman–Crippen LogP) is 16.7. The number of carbonyl (C=O) groups excluding carboxylic acids is 2. The summed E-state index contributed by atoms with van der Waals surface area (Å²) in [4.78, 5) is 42.2. The maximum absolute atomic E-state index is 14.4. The van der Waals surface area contributed by atoms with E-state index in [1.165, 1.54) is 54.7 Å². The molecule has 0 spiro atoms. The quantitative estimate of drug-likeness (QED) is 0.113. The molecule has 1 fully saturated rings. The van der Waals surface area contributed by atoms with Crippen LogP contribution in [0.25, 0.3) is 50.5 Å². The molecule has 92 heavy (non-hydrogen) atoms. The molecular weight excluding hydrogens is 1340 g/mol. The number of halogens is 12. The second-order valence-corrected chi connectivity index (χ2v) is 23.2. The van der Waals surface area contributed by atoms with Crippen LogP contribution in [0.3, 0.4) is 0 Å². The van der Waals surface area contributed by atoms with Gasteiger partial charge in [0.15, 0.2) is 34.9 Å². The van der Waals surface area contributed by atoms with Crippen molar-refractivity contribution < 1.29 is 62.8 Å². The number of nitrogens with zero attached hydrogens (tertiary/aromatic N) is 7. The van der Waals surface area contributed by atoms with E-state index < -0.39 is 88.2 Å². The average molecular weight is 1390 g/mol. The van der Waals surface area contributed by atoms with Crippen LogP contribution in [0.15, 0.2) is 198 Å². The summed E-state index contributed by atoms with van der Waals surface area (Å²) in [6.45, 7) is 8.92. The number of imidazole rings is 3. The van der Waals surface area contributed by atoms with Gasteiger partial charge in [-0.3, -0.25) is 23.4 Å². The van der Waals surface area contributed by atoms with Gasteiger partial charge in [0.25, 0.3) is 11.8 Å². The fourth-order valence-electron chi connectivity index (χ4n) is 9.46. The Morgan fingerprint density at radius 3 is 1.68 bits per heavy atom. The Balaban J connectivity index is 0.000000145. The minimum absolute atomic E-state index is 0.00998. The van der Waals surface area contributed by atoms with Crippen molar-refractivity contribution in [2.24, 2.45) is 0 Å². The number of carbonyl (C=O) groups is 2. The van der Waals surface area contributed by atoms with Crippen molar-refractivity contribution in [1.82, 2.24) is 33.1 Å². The van der Waals surface area contributed by atoms with Gasteiger partial charge in [0.2, 0.25) is 0 Å². The predicted molar refractivity (Wildman–Crippen MR) is 335 cm³/mol. The van der Waals surface area contributed by atoms with Crippen LogP contribution in [0.4, 0.5) is 55.3 Å². The molecule has 0 bridgehead atoms. The highest BCUT2D eigenvalue weighted by atomic mass is 79.9. The number of amides is 2. The van der Waals surface area contributed by atoms with Crippen LogP contribution in [0.5, 0.6) is 0 Å². The molecule has 0 radical (unpaired) electrons. The van der Waals surface area contributed by atoms with Crippen molar-refractivity contribution in [1.29, 1.82) is 0 Å². The van der Waals surface area contributed by atoms with E-state index in [4.69, 9.17) is 9.31 Å². The van der Waals surface area contributed by atoms with Crippen molar-refractivity contribution in [3.05, 3.63) is 261 Å². The highest BCUT2D eigenvalue weighted by Gasteiger charge is 2.52. The largest absolute Gasteiger partial charge is 0.494 e. The fourth-order valence-corrected chi connectivity index (χ4v) is 10.4. The number of alkyl halides is 3. The molecule has 1 aliphatic heterocycles. The van der Waals surface area contributed by atoms with Crippen molar-refractivity contribution >= 4 is 84.2 Å². The van der Waals surface area contributed by atoms with Gasteiger partial charge in [-0.2, -0.15) is 13.2 Å². The fraction of sp³-hybridized carbons (Fsp3) is 0.121. The highest BCUT2D eigenvalue weighted by molar-refractivity contribution is 9.11. The number of benzene rings is 5. The van der Waals surface area contributed by atoms with Crippen LogP contribution < -0.4 is 16.1 Å². The highest BCUT2D eigenvalue weighted by Crippen LogP contribution is 2.38. The van der Waals surface area contributed by atoms with Gasteiger partial charge < -0.3 is 24.3 Å². The number of nitrogens with one attached hydrogen (secondary N) is 2. The van der Waals surface area contributed by atoms with E-state index in [-0.39, 0.29) is 33.9 Å². The number of fused-ring (bicyclic) bond motifs is 3. The Morgan fingerprint density at radius 1 is 0.533 bits per heavy atom. The smallest absolute Gasteiger partial charge is 0.399 e. The SMILES string of the molecule is Brc1cccn2cncc12.CC1(C)OB(c2ccc(C(F)(F)F)c(C(=O)Nc3ccc(F)cc3)c2)OC1(C)C.Cc1ncc(-c2cccn3c(-c4cccc(F)c4F)ncc23)cc1C(=O)Nc1ccc(F)c(F)c1.Fc1cccc(-c2ncc3c(Br)cccn23)c1F. The first-order valence-electron chi connectivity index (χ1n) is 27.6. The molecule has 12 aromatic rings. The molecule has 2 N–H and O–H groups in total. The minimum atomic E-state index is -4.73. The van der Waals surface area contributed by atoms with Crippen LogP contribution in [0.1, 0.15) is 59.7 Å². The summed E-state index contributed by atoms with van der Waals surface area (Å²) < 4.78 is 154. The zero-order valence-corrected chi connectivity index (χ0v) is 51.9. The van der Waals surface area contributed by atoms with Crippen LogP contribution >= 0.6 is 31.9 Å². The van der Waals surface area contributed by atoms with Gasteiger partial charge in [0.05, 0.1) is 86.2 Å². The summed E-state index contributed by atoms with van der Waals surface area (Å²) in [5, 5.41) is 4.90. The van der Waals surface area contributed by atoms with Gasteiger partial charge in [0.1, 0.15) is 17.5 Å². The Kier molecular flexibility index (Phi) is 19.0. The van der Waals surface area contributed by atoms with Crippen molar-refractivity contribution in [2.75, 3.05) is 10.6 Å². The van der Waals surface area contributed by atoms with Gasteiger partial charge >= 0.3 is 13.3 Å². The van der Waals surface area contributed by atoms with E-state index in [0.29, 0.717) is 33.6 Å². The number of anilines is 2. The van der Waals surface area contributed by atoms with Crippen molar-refractivity contribution in [3.8, 4) is 33.9 Å². The van der Waals surface area contributed by atoms with Crippen molar-refractivity contribution in [3.63, 3.8) is 0 Å². The van der Waals surface area contributed by atoms with E-state index in [1.807, 2.05) is 62.7 Å². The van der Waals surface area contributed by atoms with E-state index in [1.54, 1.807) is 71.1 Å². The normalized spacial score (nSPS) is 13.2. The Morgan fingerprint density at radius 2 is 1.08 bits per heavy atom. The zero-order chi connectivity index (χ0) is 66.0. The third kappa shape index (κ3) is 14.0. The van der Waals surface area contributed by atoms with Crippen LogP contribution in [0.2, 0.25) is 0 Å². The summed E-state index contributed by atoms with van der Waals surface area (Å²) >= 11 is 6.80. The molecule has 1 saturated heterocycles. The van der Waals surface area contributed by atoms with Crippen LogP contribution in [-0.4, -0.2) is 63.3 Å². The average Bonchev–Trinajstić information content (AvgIpc) is 1.58. The lowest BCUT2D eigenvalue weighted by Gasteiger charge is -2.32. The molecule has 0 unspecified atom stereocenters. The number of aromatic nitrogens is 7. The maximum atomic E-state index is 14.4. The molecule has 0 saturated carbocycles. The van der Waals surface area contributed by atoms with E-state index in [9.17, 15) is 53.5 Å². The molecule has 13 nitrogen and oxygen atoms in total. The third-order valence-electron chi connectivity index (χ3n) is 14.9. The zero-order valence-electron chi connectivity index (χ0n) is 48.8. The second-order valence-electron chi connectivity index (χ2n) is 21.5. The van der Waals surface area contributed by atoms with Gasteiger partial charge in [-0.05, 0) is 181 Å². The van der Waals surface area contributed by atoms with Gasteiger partial charge in [-0.15, -0.1) is 0 Å². The monoisotopic (exact) mass is 1390 g/mol. The summed E-state index contributed by atoms with van der Waals surface area (Å²) in [5.74, 6) is -7.29. The van der Waals surface area contributed by atoms with Crippen molar-refractivity contribution in [2.45, 2.75) is 52.0 Å². The molecule has 26 heteroatoms. The standard InChI is InChI=1S/C26H16F4N4O.C20H20BF4NO3.C13H7BrF2N2.C7H5BrN2/c1-14-19(26(35)33-16-7-8-20(27)22(29)11-16)10-15(12-31-14)17-5-3-9-34-23(17)13-32-25(34)18-4-2-6-21(28)24(18)30;1-18(2)19(3,4)29-21(28-18)12-5-10-16(20(23,24)25)15(11-12)17(27)26-14-8-6-13(22)7-9-14;14-9-4-2-6-18-11(9)7-17-13(18)8-3-1-5-10(15)12(8)16;8-6-2-1-3-10-5-9-4-7(6)10/h2-13H,1H3,(H,33,35);5-11H,1-4H3,(H,26,27);1-7H;1-5H. The molecule has 13 rings (SSSR count). The van der Waals surface area contributed by atoms with E-state index in [0.717, 1.165) is 68.5 Å². The number of hydrogen-bond donors (Lipinski definition) is 2. The van der Waals surface area contributed by atoms with E-state index >= 15 is 0 Å². The molecule has 8 heterocycles. The van der Waals surface area contributed by atoms with Crippen LogP contribution in [-0.2, 0) is 15.5 Å². The lowest BCUT2D eigenvalue weighted by molar-refractivity contribution is -0.137. The van der Waals surface area contributed by atoms with Gasteiger partial charge in [0, 0.05) is 62.3 Å². The molecule has 468 valence electrons. The Bertz CT molecular complexity index is 4740. The lowest BCUT2D eigenvalue weighted by atomic mass is 9.77. The first kappa shape index (κ1) is 65.5. The lowest BCUT2D eigenvalue weighted by Crippen LogP contribution is -2.41. The number of aryl methyl sites for hydroxylation is 1. The molecule has 0 atom stereocenters. The molecule has 0 aliphatic carbocycles. The Labute approximate surface area is 535 Å². The summed E-state index contributed by atoms with van der Waals surface area (Å²) in [7, 11) is -0.917. The van der Waals surface area contributed by atoms with E-state index in [2.05, 4.69) is 62.4 Å². The maximum Gasteiger partial charge on any atom is 0.494 e. The summed E-state index contributed by atoms with van der Waals surface area (Å²) in [6, 6.07) is 31.7. The first-order chi connectivity index (χ1) is 43.7. The first-order valence-corrected chi connectivity index (χ1v) is 29.2. The topological polar surface area (TPSA) is 141 Å². The number of hydrogen-bond acceptors (Lipinski definition) is 8. The molecule has 7 aromatic heterocycles. The van der Waals surface area contributed by atoms with Gasteiger partial charge in [-0.1, -0.05) is 24.3 Å². The molecule has 2 amide bonds. The number of rotatable bonds is 8. The van der Waals surface area contributed by atoms with Crippen LogP contribution in [0, 0.1) is 47.6 Å². The van der Waals surface area contributed by atoms with Gasteiger partial charge in [-0.25, -0.2) is 45.7 Å². The third-order valence-corrected chi connectivity index (χ3v) is 16.3. The summed E-state index contributed by atoms with van der Waals surface area (Å²) in [6.07, 6.45) is 8.98. The molecular formula is C66H48BBr2F10N9O4. The second kappa shape index (κ2) is 26.8.